The normalized spacial score (nSPS) is 32.6. The van der Waals surface area contributed by atoms with Gasteiger partial charge in [0.2, 0.25) is 0 Å². The highest BCUT2D eigenvalue weighted by Crippen LogP contribution is 2.43. The van der Waals surface area contributed by atoms with E-state index >= 15 is 0 Å². The molecule has 0 heterocycles. The molecule has 2 heteroatoms. The van der Waals surface area contributed by atoms with E-state index in [0.717, 1.165) is 12.0 Å². The van der Waals surface area contributed by atoms with E-state index in [1.54, 1.807) is 0 Å². The Morgan fingerprint density at radius 3 is 2.29 bits per heavy atom. The summed E-state index contributed by atoms with van der Waals surface area (Å²) in [6.07, 6.45) is 6.19. The van der Waals surface area contributed by atoms with Crippen molar-refractivity contribution < 1.29 is 5.11 Å². The first kappa shape index (κ1) is 13.4. The minimum absolute atomic E-state index is 0.121. The second-order valence-electron chi connectivity index (χ2n) is 7.19. The summed E-state index contributed by atoms with van der Waals surface area (Å²) >= 11 is 0. The lowest BCUT2D eigenvalue weighted by molar-refractivity contribution is 0.00995. The molecule has 0 bridgehead atoms. The van der Waals surface area contributed by atoms with Crippen molar-refractivity contribution in [2.75, 3.05) is 6.54 Å². The molecule has 2 aliphatic carbocycles. The van der Waals surface area contributed by atoms with E-state index in [1.165, 1.54) is 38.6 Å². The van der Waals surface area contributed by atoms with Gasteiger partial charge < -0.3 is 5.11 Å². The SMILES string of the molecule is CC(C)CCN(C1CC1)C1CCC(C)(C)C1O. The molecule has 0 aromatic rings. The molecule has 2 nitrogen and oxygen atoms in total. The van der Waals surface area contributed by atoms with Crippen molar-refractivity contribution >= 4 is 0 Å². The lowest BCUT2D eigenvalue weighted by Gasteiger charge is -2.34. The molecule has 0 aliphatic heterocycles. The third-order valence-corrected chi connectivity index (χ3v) is 4.66. The van der Waals surface area contributed by atoms with Crippen LogP contribution in [0.5, 0.6) is 0 Å². The van der Waals surface area contributed by atoms with Gasteiger partial charge in [0.25, 0.3) is 0 Å². The number of rotatable bonds is 5. The highest BCUT2D eigenvalue weighted by molar-refractivity contribution is 5.00. The molecule has 2 aliphatic rings. The van der Waals surface area contributed by atoms with Crippen LogP contribution in [0.15, 0.2) is 0 Å². The van der Waals surface area contributed by atoms with Crippen molar-refractivity contribution in [3.63, 3.8) is 0 Å². The maximum absolute atomic E-state index is 10.5. The number of aliphatic hydroxyl groups is 1. The summed E-state index contributed by atoms with van der Waals surface area (Å²) in [5.74, 6) is 0.766. The summed E-state index contributed by atoms with van der Waals surface area (Å²) in [5, 5.41) is 10.5. The topological polar surface area (TPSA) is 23.5 Å². The molecule has 1 N–H and O–H groups in total. The van der Waals surface area contributed by atoms with Crippen LogP contribution in [0.25, 0.3) is 0 Å². The second-order valence-corrected chi connectivity index (χ2v) is 7.19. The summed E-state index contributed by atoms with van der Waals surface area (Å²) in [6.45, 7) is 10.2. The Bertz CT molecular complexity index is 258. The van der Waals surface area contributed by atoms with Gasteiger partial charge in [-0.05, 0) is 50.0 Å². The summed E-state index contributed by atoms with van der Waals surface area (Å²) < 4.78 is 0. The molecule has 0 amide bonds. The Labute approximate surface area is 106 Å². The fourth-order valence-corrected chi connectivity index (χ4v) is 3.13. The average molecular weight is 239 g/mol. The molecule has 2 rings (SSSR count). The van der Waals surface area contributed by atoms with Crippen LogP contribution in [0, 0.1) is 11.3 Å². The van der Waals surface area contributed by atoms with Gasteiger partial charge in [-0.3, -0.25) is 4.90 Å². The van der Waals surface area contributed by atoms with Crippen LogP contribution < -0.4 is 0 Å². The van der Waals surface area contributed by atoms with Crippen molar-refractivity contribution in [2.24, 2.45) is 11.3 Å². The Balaban J connectivity index is 1.97. The molecule has 0 spiro atoms. The molecule has 2 saturated carbocycles. The van der Waals surface area contributed by atoms with Gasteiger partial charge in [-0.2, -0.15) is 0 Å². The van der Waals surface area contributed by atoms with Gasteiger partial charge in [0.15, 0.2) is 0 Å². The molecule has 0 radical (unpaired) electrons. The average Bonchev–Trinajstić information content (AvgIpc) is 3.01. The van der Waals surface area contributed by atoms with Crippen molar-refractivity contribution in [3.05, 3.63) is 0 Å². The van der Waals surface area contributed by atoms with E-state index in [9.17, 15) is 5.11 Å². The molecule has 2 fully saturated rings. The maximum atomic E-state index is 10.5. The second kappa shape index (κ2) is 4.89. The third-order valence-electron chi connectivity index (χ3n) is 4.66. The van der Waals surface area contributed by atoms with Crippen LogP contribution >= 0.6 is 0 Å². The highest BCUT2D eigenvalue weighted by Gasteiger charge is 2.46. The first-order chi connectivity index (χ1) is 7.92. The molecule has 2 unspecified atom stereocenters. The summed E-state index contributed by atoms with van der Waals surface area (Å²) in [5.41, 5.74) is 0.121. The van der Waals surface area contributed by atoms with E-state index in [1.807, 2.05) is 0 Å². The van der Waals surface area contributed by atoms with E-state index in [2.05, 4.69) is 32.6 Å². The minimum atomic E-state index is -0.129. The largest absolute Gasteiger partial charge is 0.391 e. The summed E-state index contributed by atoms with van der Waals surface area (Å²) in [4.78, 5) is 2.62. The monoisotopic (exact) mass is 239 g/mol. The first-order valence-electron chi connectivity index (χ1n) is 7.35. The van der Waals surface area contributed by atoms with E-state index in [-0.39, 0.29) is 11.5 Å². The molecule has 0 aromatic heterocycles. The Hall–Kier alpha value is -0.0800. The van der Waals surface area contributed by atoms with E-state index in [0.29, 0.717) is 6.04 Å². The third kappa shape index (κ3) is 3.03. The van der Waals surface area contributed by atoms with Gasteiger partial charge in [-0.15, -0.1) is 0 Å². The molecule has 17 heavy (non-hydrogen) atoms. The van der Waals surface area contributed by atoms with Crippen LogP contribution in [-0.4, -0.2) is 34.7 Å². The van der Waals surface area contributed by atoms with Gasteiger partial charge in [0, 0.05) is 12.1 Å². The van der Waals surface area contributed by atoms with E-state index in [4.69, 9.17) is 0 Å². The number of hydrogen-bond donors (Lipinski definition) is 1. The molecule has 2 atom stereocenters. The van der Waals surface area contributed by atoms with Gasteiger partial charge in [0.05, 0.1) is 6.10 Å². The number of hydrogen-bond acceptors (Lipinski definition) is 2. The zero-order valence-electron chi connectivity index (χ0n) is 11.9. The fraction of sp³-hybridized carbons (Fsp3) is 1.00. The smallest absolute Gasteiger partial charge is 0.0746 e. The maximum Gasteiger partial charge on any atom is 0.0746 e. The van der Waals surface area contributed by atoms with Crippen molar-refractivity contribution in [3.8, 4) is 0 Å². The number of nitrogens with zero attached hydrogens (tertiary/aromatic N) is 1. The van der Waals surface area contributed by atoms with Gasteiger partial charge >= 0.3 is 0 Å². The standard InChI is InChI=1S/C15H29NO/c1-11(2)8-10-16(12-5-6-12)13-7-9-15(3,4)14(13)17/h11-14,17H,5-10H2,1-4H3. The fourth-order valence-electron chi connectivity index (χ4n) is 3.13. The molecular weight excluding hydrogens is 210 g/mol. The molecule has 0 aromatic carbocycles. The van der Waals surface area contributed by atoms with Crippen molar-refractivity contribution in [1.82, 2.24) is 4.90 Å². The first-order valence-corrected chi connectivity index (χ1v) is 7.35. The van der Waals surface area contributed by atoms with Crippen LogP contribution in [0.1, 0.15) is 59.8 Å². The van der Waals surface area contributed by atoms with Crippen LogP contribution in [0.3, 0.4) is 0 Å². The summed E-state index contributed by atoms with van der Waals surface area (Å²) in [6, 6.07) is 1.21. The van der Waals surface area contributed by atoms with Crippen LogP contribution in [0.4, 0.5) is 0 Å². The molecular formula is C15H29NO. The Morgan fingerprint density at radius 1 is 1.24 bits per heavy atom. The van der Waals surface area contributed by atoms with Gasteiger partial charge in [-0.25, -0.2) is 0 Å². The predicted octanol–water partition coefficient (Wildman–Crippen LogP) is 3.05. The van der Waals surface area contributed by atoms with Crippen molar-refractivity contribution in [2.45, 2.75) is 78.0 Å². The van der Waals surface area contributed by atoms with Gasteiger partial charge in [-0.1, -0.05) is 27.7 Å². The zero-order chi connectivity index (χ0) is 12.6. The zero-order valence-corrected chi connectivity index (χ0v) is 11.9. The lowest BCUT2D eigenvalue weighted by Crippen LogP contribution is -2.46. The van der Waals surface area contributed by atoms with Crippen LogP contribution in [-0.2, 0) is 0 Å². The lowest BCUT2D eigenvalue weighted by atomic mass is 9.88. The van der Waals surface area contributed by atoms with Crippen molar-refractivity contribution in [1.29, 1.82) is 0 Å². The Morgan fingerprint density at radius 2 is 1.88 bits per heavy atom. The summed E-state index contributed by atoms with van der Waals surface area (Å²) in [7, 11) is 0. The highest BCUT2D eigenvalue weighted by atomic mass is 16.3. The number of aliphatic hydroxyl groups excluding tert-OH is 1. The molecule has 0 saturated heterocycles. The predicted molar refractivity (Wildman–Crippen MR) is 72.0 cm³/mol. The quantitative estimate of drug-likeness (QED) is 0.797. The molecule has 100 valence electrons. The Kier molecular flexibility index (Phi) is 3.84. The minimum Gasteiger partial charge on any atom is -0.391 e. The van der Waals surface area contributed by atoms with Crippen LogP contribution in [0.2, 0.25) is 0 Å². The van der Waals surface area contributed by atoms with Gasteiger partial charge in [0.1, 0.15) is 0 Å². The van der Waals surface area contributed by atoms with E-state index < -0.39 is 0 Å².